The minimum atomic E-state index is -1.55. The molecule has 45 heteroatoms. The zero-order chi connectivity index (χ0) is 85.6. The highest BCUT2D eigenvalue weighted by Gasteiger charge is 2.31. The molecule has 45 nitrogen and oxygen atoms in total. The second-order valence-corrected chi connectivity index (χ2v) is 27.3. The van der Waals surface area contributed by atoms with E-state index < -0.39 is 169 Å². The third-order valence-electron chi connectivity index (χ3n) is 17.9. The summed E-state index contributed by atoms with van der Waals surface area (Å²) in [5.41, 5.74) is 5.60. The summed E-state index contributed by atoms with van der Waals surface area (Å²) in [6, 6.07) is -13.1. The Hall–Kier alpha value is -11.7. The number of carboxylic acid groups (broad SMARTS) is 9. The summed E-state index contributed by atoms with van der Waals surface area (Å²) in [4.78, 5) is 219. The lowest BCUT2D eigenvalue weighted by Gasteiger charge is -2.21. The summed E-state index contributed by atoms with van der Waals surface area (Å²) in [7, 11) is 0. The molecule has 0 saturated heterocycles. The first-order valence-corrected chi connectivity index (χ1v) is 38.4. The molecule has 2 rings (SSSR count). The molecule has 23 N–H and O–H groups in total. The lowest BCUT2D eigenvalue weighted by molar-refractivity contribution is -0.142. The SMILES string of the molecule is NCCCCC(NC(=O)C(CCCCNC(=O)c1cn(CCCCC(NC(=O)CCCCCCC(=O)NCCCC[C@H](NC(=O)NC(CCC(=O)O)C(=O)O)C(=O)O)C(=O)O)nn1)NC(=O)c1nn[nH]c1CCCCC(NC(=O)CCCCCCC(=O)NCCCC[C@H](NC(=O)NC(CCC(=O)O)C(=O)O)C(=O)O)C(=O)O)C(=O)O. The van der Waals surface area contributed by atoms with Gasteiger partial charge in [-0.3, -0.25) is 52.9 Å². The average molecular weight is 1640 g/mol. The first-order chi connectivity index (χ1) is 54.7. The van der Waals surface area contributed by atoms with E-state index in [1.54, 1.807) is 0 Å². The van der Waals surface area contributed by atoms with Crippen LogP contribution in [0.2, 0.25) is 0 Å². The van der Waals surface area contributed by atoms with Gasteiger partial charge in [0.1, 0.15) is 48.3 Å². The van der Waals surface area contributed by atoms with Crippen molar-refractivity contribution in [3.63, 3.8) is 0 Å². The molecule has 0 saturated carbocycles. The summed E-state index contributed by atoms with van der Waals surface area (Å²) < 4.78 is 1.39. The van der Waals surface area contributed by atoms with Gasteiger partial charge in [0.15, 0.2) is 11.4 Å². The average Bonchev–Trinajstić information content (AvgIpc) is 1.73. The molecular formula is C70H112N18O27. The number of nitrogens with zero attached hydrogens (tertiary/aromatic N) is 5. The van der Waals surface area contributed by atoms with Gasteiger partial charge in [0.2, 0.25) is 29.5 Å². The van der Waals surface area contributed by atoms with E-state index in [9.17, 15) is 122 Å². The molecule has 11 amide bonds. The van der Waals surface area contributed by atoms with Crippen LogP contribution < -0.4 is 64.2 Å². The van der Waals surface area contributed by atoms with Gasteiger partial charge in [0, 0.05) is 64.7 Å². The number of aryl methyl sites for hydroxylation is 2. The number of urea groups is 2. The molecule has 0 aromatic carbocycles. The number of H-pyrrole nitrogens is 1. The fourth-order valence-electron chi connectivity index (χ4n) is 11.4. The van der Waals surface area contributed by atoms with Gasteiger partial charge in [-0.25, -0.2) is 43.2 Å². The number of hydrogen-bond donors (Lipinski definition) is 22. The van der Waals surface area contributed by atoms with Crippen LogP contribution in [0, 0.1) is 0 Å². The van der Waals surface area contributed by atoms with Crippen LogP contribution in [0.25, 0.3) is 0 Å². The van der Waals surface area contributed by atoms with Crippen LogP contribution in [0.1, 0.15) is 245 Å². The molecule has 0 bridgehead atoms. The smallest absolute Gasteiger partial charge is 0.326 e. The maximum absolute atomic E-state index is 13.8. The summed E-state index contributed by atoms with van der Waals surface area (Å²) in [6.45, 7) is 1.02. The Morgan fingerprint density at radius 2 is 0.704 bits per heavy atom. The third-order valence-corrected chi connectivity index (χ3v) is 17.9. The van der Waals surface area contributed by atoms with E-state index in [0.717, 1.165) is 0 Å². The molecule has 2 aromatic heterocycles. The standard InChI is InChI=1S/C70H112N18O27/c71-36-16-11-24-46(64(104)105)78-60(98)43(77-61(99)58-42(83-86-85-58)21-9-10-23-44(62(100)101)75-54(91)30-7-3-1-5-28-52(89)72-37-17-13-25-47(65(106)107)79-69(114)81-49(67(110)111)32-34-56(93)94)22-12-19-39-74-59(97)51-41-88(87-84-51)40-20-15-27-45(63(102)103)76-55(92)31-8-4-2-6-29-53(90)73-38-18-14-26-48(66(108)109)80-70(115)82-50(68(112)113)33-35-57(95)96/h41,43-50H,1-40,71H2,(H,72,89)(H,73,90)(H,74,97)(H,75,91)(H,76,92)(H,77,99)(H,78,98)(H,93,94)(H,95,96)(H,100,101)(H,102,103)(H,104,105)(H,106,107)(H,108,109)(H,110,111)(H,112,113)(H2,79,81,114)(H2,80,82,115)(H,83,85,86)/t43?,44?,45?,46?,47-,48-,49?,50?/m0/s1. The molecule has 644 valence electrons. The predicted octanol–water partition coefficient (Wildman–Crippen LogP) is 0.210. The Morgan fingerprint density at radius 3 is 1.11 bits per heavy atom. The third kappa shape index (κ3) is 45.6. The van der Waals surface area contributed by atoms with Crippen LogP contribution in [0.15, 0.2) is 6.20 Å². The maximum atomic E-state index is 13.8. The molecule has 0 spiro atoms. The van der Waals surface area contributed by atoms with Crippen LogP contribution in [-0.2, 0) is 80.1 Å². The van der Waals surface area contributed by atoms with Crippen molar-refractivity contribution in [3.05, 3.63) is 23.3 Å². The fraction of sp³-hybridized carbons (Fsp3) is 0.686. The Morgan fingerprint density at radius 1 is 0.348 bits per heavy atom. The van der Waals surface area contributed by atoms with E-state index in [1.807, 2.05) is 10.6 Å². The molecule has 0 fully saturated rings. The van der Waals surface area contributed by atoms with Gasteiger partial charge in [-0.15, -0.1) is 10.2 Å². The van der Waals surface area contributed by atoms with Crippen molar-refractivity contribution in [2.45, 2.75) is 280 Å². The normalized spacial score (nSPS) is 13.1. The molecule has 0 aliphatic rings. The quantitative estimate of drug-likeness (QED) is 0.0394. The highest BCUT2D eigenvalue weighted by atomic mass is 16.4. The van der Waals surface area contributed by atoms with Gasteiger partial charge in [-0.05, 0) is 161 Å². The second kappa shape index (κ2) is 57.3. The molecule has 0 radical (unpaired) electrons. The zero-order valence-electron chi connectivity index (χ0n) is 64.2. The first kappa shape index (κ1) is 99.4. The van der Waals surface area contributed by atoms with E-state index in [4.69, 9.17) is 15.9 Å². The van der Waals surface area contributed by atoms with Crippen LogP contribution in [0.4, 0.5) is 9.59 Å². The van der Waals surface area contributed by atoms with Crippen LogP contribution >= 0.6 is 0 Å². The second-order valence-electron chi connectivity index (χ2n) is 27.3. The molecule has 6 unspecified atom stereocenters. The molecule has 0 aliphatic heterocycles. The summed E-state index contributed by atoms with van der Waals surface area (Å²) in [5.74, 6) is -15.8. The van der Waals surface area contributed by atoms with Crippen molar-refractivity contribution < 1.29 is 132 Å². The first-order valence-electron chi connectivity index (χ1n) is 38.4. The van der Waals surface area contributed by atoms with Crippen LogP contribution in [0.5, 0.6) is 0 Å². The Labute approximate surface area is 660 Å². The molecule has 115 heavy (non-hydrogen) atoms. The lowest BCUT2D eigenvalue weighted by atomic mass is 10.0. The number of aliphatic carboxylic acids is 9. The van der Waals surface area contributed by atoms with Crippen molar-refractivity contribution in [1.82, 2.24) is 88.9 Å². The van der Waals surface area contributed by atoms with Gasteiger partial charge >= 0.3 is 65.8 Å². The van der Waals surface area contributed by atoms with Gasteiger partial charge in [0.05, 0.1) is 11.9 Å². The Bertz CT molecular complexity index is 3500. The van der Waals surface area contributed by atoms with E-state index in [2.05, 4.69) is 73.6 Å². The number of hydrogen-bond acceptors (Lipinski definition) is 23. The highest BCUT2D eigenvalue weighted by molar-refractivity contribution is 5.98. The topological polar surface area (TPSA) is 720 Å². The predicted molar refractivity (Wildman–Crippen MR) is 399 cm³/mol. The number of amides is 11. The van der Waals surface area contributed by atoms with Crippen molar-refractivity contribution in [1.29, 1.82) is 0 Å². The van der Waals surface area contributed by atoms with E-state index in [1.165, 1.54) is 10.9 Å². The number of nitrogens with two attached hydrogens (primary N) is 1. The van der Waals surface area contributed by atoms with Crippen LogP contribution in [-0.4, -0.2) is 258 Å². The summed E-state index contributed by atoms with van der Waals surface area (Å²) in [6.07, 6.45) is 8.06. The van der Waals surface area contributed by atoms with E-state index >= 15 is 0 Å². The maximum Gasteiger partial charge on any atom is 0.326 e. The number of carbonyl (C=O) groups is 18. The van der Waals surface area contributed by atoms with E-state index in [0.29, 0.717) is 96.3 Å². The minimum Gasteiger partial charge on any atom is -0.481 e. The molecule has 8 atom stereocenters. The molecule has 0 aliphatic carbocycles. The number of nitrogens with one attached hydrogen (secondary N) is 12. The molecule has 2 aromatic rings. The number of carboxylic acids is 9. The van der Waals surface area contributed by atoms with Crippen LogP contribution in [0.3, 0.4) is 0 Å². The Kier molecular flexibility index (Phi) is 49.6. The van der Waals surface area contributed by atoms with Gasteiger partial charge in [0.25, 0.3) is 11.8 Å². The number of carbonyl (C=O) groups excluding carboxylic acids is 9. The fourth-order valence-corrected chi connectivity index (χ4v) is 11.4. The largest absolute Gasteiger partial charge is 0.481 e. The minimum absolute atomic E-state index is 0.0125. The van der Waals surface area contributed by atoms with Crippen molar-refractivity contribution in [3.8, 4) is 0 Å². The van der Waals surface area contributed by atoms with Gasteiger partial charge in [-0.1, -0.05) is 42.5 Å². The van der Waals surface area contributed by atoms with Crippen molar-refractivity contribution in [2.75, 3.05) is 26.2 Å². The number of aromatic amines is 1. The summed E-state index contributed by atoms with van der Waals surface area (Å²) >= 11 is 0. The molecule has 2 heterocycles. The van der Waals surface area contributed by atoms with Crippen molar-refractivity contribution in [2.24, 2.45) is 5.73 Å². The van der Waals surface area contributed by atoms with Crippen molar-refractivity contribution >= 4 is 107 Å². The lowest BCUT2D eigenvalue weighted by Crippen LogP contribution is -2.51. The number of unbranched alkanes of at least 4 members (excludes halogenated alkanes) is 12. The number of rotatable bonds is 67. The van der Waals surface area contributed by atoms with Gasteiger partial charge in [-0.2, -0.15) is 0 Å². The zero-order valence-corrected chi connectivity index (χ0v) is 64.2. The summed E-state index contributed by atoms with van der Waals surface area (Å²) in [5, 5.41) is 129. The molecular weight excluding hydrogens is 1520 g/mol. The van der Waals surface area contributed by atoms with Gasteiger partial charge < -0.3 is 110 Å². The monoisotopic (exact) mass is 1640 g/mol. The number of aromatic nitrogens is 6. The highest BCUT2D eigenvalue weighted by Crippen LogP contribution is 2.16. The Balaban J connectivity index is 1.77. The van der Waals surface area contributed by atoms with E-state index in [-0.39, 0.29) is 164 Å².